The minimum atomic E-state index is -0.580. The fourth-order valence-electron chi connectivity index (χ4n) is 1.58. The third-order valence-corrected chi connectivity index (χ3v) is 2.54. The van der Waals surface area contributed by atoms with Gasteiger partial charge >= 0.3 is 5.97 Å². The maximum absolute atomic E-state index is 11.9. The number of methoxy groups -OCH3 is 1. The van der Waals surface area contributed by atoms with Gasteiger partial charge in [0.15, 0.2) is 17.3 Å². The van der Waals surface area contributed by atoms with E-state index in [0.29, 0.717) is 17.1 Å². The Hall–Kier alpha value is -2.30. The molecule has 0 aromatic heterocycles. The number of Topliss-reactive ketones (excluding diaryl/α,β-unsaturated/α-hetero) is 1. The lowest BCUT2D eigenvalue weighted by molar-refractivity contribution is -0.136. The van der Waals surface area contributed by atoms with E-state index in [1.807, 2.05) is 0 Å². The van der Waals surface area contributed by atoms with Gasteiger partial charge in [-0.2, -0.15) is 0 Å². The highest BCUT2D eigenvalue weighted by atomic mass is 16.7. The van der Waals surface area contributed by atoms with Crippen molar-refractivity contribution in [2.45, 2.75) is 6.42 Å². The lowest BCUT2D eigenvalue weighted by Gasteiger charge is -2.04. The molecule has 1 aromatic rings. The molecule has 0 bridgehead atoms. The summed E-state index contributed by atoms with van der Waals surface area (Å²) < 4.78 is 14.8. The van der Waals surface area contributed by atoms with Crippen LogP contribution < -0.4 is 9.47 Å². The van der Waals surface area contributed by atoms with Crippen LogP contribution in [0.5, 0.6) is 11.5 Å². The maximum atomic E-state index is 11.9. The van der Waals surface area contributed by atoms with Gasteiger partial charge in [0.25, 0.3) is 0 Å². The van der Waals surface area contributed by atoms with Crippen molar-refractivity contribution in [3.05, 3.63) is 35.9 Å². The quantitative estimate of drug-likeness (QED) is 0.461. The zero-order valence-corrected chi connectivity index (χ0v) is 9.89. The summed E-state index contributed by atoms with van der Waals surface area (Å²) in [5, 5.41) is 0. The van der Waals surface area contributed by atoms with Crippen LogP contribution in [-0.4, -0.2) is 25.7 Å². The summed E-state index contributed by atoms with van der Waals surface area (Å²) >= 11 is 0. The van der Waals surface area contributed by atoms with E-state index >= 15 is 0 Å². The number of ether oxygens (including phenoxy) is 3. The Morgan fingerprint density at radius 2 is 2.06 bits per heavy atom. The minimum Gasteiger partial charge on any atom is -0.466 e. The van der Waals surface area contributed by atoms with Crippen molar-refractivity contribution in [2.75, 3.05) is 13.9 Å². The van der Waals surface area contributed by atoms with E-state index < -0.39 is 5.97 Å². The molecule has 0 spiro atoms. The predicted molar refractivity (Wildman–Crippen MR) is 62.7 cm³/mol. The molecule has 1 heterocycles. The second-order valence-electron chi connectivity index (χ2n) is 3.76. The molecule has 1 aromatic carbocycles. The summed E-state index contributed by atoms with van der Waals surface area (Å²) in [7, 11) is 1.25. The zero-order chi connectivity index (χ0) is 13.1. The highest BCUT2D eigenvalue weighted by Gasteiger charge is 2.18. The molecular weight excluding hydrogens is 236 g/mol. The predicted octanol–water partition coefficient (Wildman–Crippen LogP) is 1.72. The zero-order valence-electron chi connectivity index (χ0n) is 9.89. The van der Waals surface area contributed by atoms with Gasteiger partial charge in [-0.15, -0.1) is 0 Å². The Kier molecular flexibility index (Phi) is 3.32. The Balaban J connectivity index is 2.10. The number of hydrogen-bond acceptors (Lipinski definition) is 5. The second-order valence-corrected chi connectivity index (χ2v) is 3.76. The van der Waals surface area contributed by atoms with Crippen molar-refractivity contribution in [1.82, 2.24) is 0 Å². The largest absolute Gasteiger partial charge is 0.466 e. The molecule has 0 atom stereocenters. The van der Waals surface area contributed by atoms with E-state index in [4.69, 9.17) is 9.47 Å². The SMILES string of the molecule is C=C(CC(=O)c1ccc2c(c1)OCO2)C(=O)OC. The van der Waals surface area contributed by atoms with Crippen LogP contribution in [0.2, 0.25) is 0 Å². The molecule has 94 valence electrons. The summed E-state index contributed by atoms with van der Waals surface area (Å²) in [5.41, 5.74) is 0.574. The van der Waals surface area contributed by atoms with E-state index in [-0.39, 0.29) is 24.6 Å². The number of fused-ring (bicyclic) bond motifs is 1. The van der Waals surface area contributed by atoms with Crippen molar-refractivity contribution >= 4 is 11.8 Å². The van der Waals surface area contributed by atoms with Crippen LogP contribution >= 0.6 is 0 Å². The molecule has 0 amide bonds. The maximum Gasteiger partial charge on any atom is 0.333 e. The molecule has 0 aliphatic carbocycles. The highest BCUT2D eigenvalue weighted by molar-refractivity contribution is 6.03. The summed E-state index contributed by atoms with van der Waals surface area (Å²) in [6.45, 7) is 3.67. The van der Waals surface area contributed by atoms with Crippen molar-refractivity contribution in [2.24, 2.45) is 0 Å². The molecule has 0 radical (unpaired) electrons. The Morgan fingerprint density at radius 3 is 2.78 bits per heavy atom. The highest BCUT2D eigenvalue weighted by Crippen LogP contribution is 2.32. The van der Waals surface area contributed by atoms with Crippen LogP contribution in [0.25, 0.3) is 0 Å². The van der Waals surface area contributed by atoms with Crippen molar-refractivity contribution in [1.29, 1.82) is 0 Å². The third-order valence-electron chi connectivity index (χ3n) is 2.54. The first-order chi connectivity index (χ1) is 8.61. The molecule has 2 rings (SSSR count). The van der Waals surface area contributed by atoms with Crippen molar-refractivity contribution < 1.29 is 23.8 Å². The molecule has 0 N–H and O–H groups in total. The van der Waals surface area contributed by atoms with Gasteiger partial charge in [-0.05, 0) is 18.2 Å². The fraction of sp³-hybridized carbons (Fsp3) is 0.231. The first-order valence-electron chi connectivity index (χ1n) is 5.30. The summed E-state index contributed by atoms with van der Waals surface area (Å²) in [6.07, 6.45) is -0.0771. The van der Waals surface area contributed by atoms with Crippen molar-refractivity contribution in [3.63, 3.8) is 0 Å². The summed E-state index contributed by atoms with van der Waals surface area (Å²) in [5.74, 6) is 0.343. The lowest BCUT2D eigenvalue weighted by atomic mass is 10.0. The van der Waals surface area contributed by atoms with Gasteiger partial charge in [-0.1, -0.05) is 6.58 Å². The minimum absolute atomic E-state index is 0.0771. The first kappa shape index (κ1) is 12.2. The fourth-order valence-corrected chi connectivity index (χ4v) is 1.58. The Morgan fingerprint density at radius 1 is 1.33 bits per heavy atom. The van der Waals surface area contributed by atoms with Gasteiger partial charge in [-0.25, -0.2) is 4.79 Å². The van der Waals surface area contributed by atoms with Gasteiger partial charge in [0.1, 0.15) is 0 Å². The summed E-state index contributed by atoms with van der Waals surface area (Å²) in [6, 6.07) is 4.88. The number of carbonyl (C=O) groups excluding carboxylic acids is 2. The van der Waals surface area contributed by atoms with E-state index in [1.54, 1.807) is 18.2 Å². The molecule has 18 heavy (non-hydrogen) atoms. The van der Waals surface area contributed by atoms with Crippen LogP contribution in [0.3, 0.4) is 0 Å². The average molecular weight is 248 g/mol. The van der Waals surface area contributed by atoms with Gasteiger partial charge < -0.3 is 14.2 Å². The number of rotatable bonds is 4. The third kappa shape index (κ3) is 2.34. The van der Waals surface area contributed by atoms with E-state index in [9.17, 15) is 9.59 Å². The van der Waals surface area contributed by atoms with Crippen LogP contribution in [0, 0.1) is 0 Å². The van der Waals surface area contributed by atoms with Crippen LogP contribution in [0.15, 0.2) is 30.4 Å². The molecular formula is C13H12O5. The Labute approximate surface area is 104 Å². The van der Waals surface area contributed by atoms with E-state index in [0.717, 1.165) is 0 Å². The normalized spacial score (nSPS) is 12.1. The number of carbonyl (C=O) groups is 2. The second kappa shape index (κ2) is 4.91. The lowest BCUT2D eigenvalue weighted by Crippen LogP contribution is -2.09. The number of ketones is 1. The van der Waals surface area contributed by atoms with Crippen LogP contribution in [0.1, 0.15) is 16.8 Å². The van der Waals surface area contributed by atoms with Gasteiger partial charge in [0.2, 0.25) is 6.79 Å². The van der Waals surface area contributed by atoms with Gasteiger partial charge in [0.05, 0.1) is 7.11 Å². The topological polar surface area (TPSA) is 61.8 Å². The molecule has 0 unspecified atom stereocenters. The summed E-state index contributed by atoms with van der Waals surface area (Å²) in [4.78, 5) is 23.1. The van der Waals surface area contributed by atoms with Crippen LogP contribution in [0.4, 0.5) is 0 Å². The van der Waals surface area contributed by atoms with Gasteiger partial charge in [0, 0.05) is 17.6 Å². The van der Waals surface area contributed by atoms with Gasteiger partial charge in [-0.3, -0.25) is 4.79 Å². The standard InChI is InChI=1S/C13H12O5/c1-8(13(15)16-2)5-10(14)9-3-4-11-12(6-9)18-7-17-11/h3-4,6H,1,5,7H2,2H3. The molecule has 0 saturated heterocycles. The number of esters is 1. The monoisotopic (exact) mass is 248 g/mol. The molecule has 1 aliphatic rings. The van der Waals surface area contributed by atoms with Crippen molar-refractivity contribution in [3.8, 4) is 11.5 Å². The molecule has 0 saturated carbocycles. The average Bonchev–Trinajstić information content (AvgIpc) is 2.84. The van der Waals surface area contributed by atoms with E-state index in [2.05, 4.69) is 11.3 Å². The molecule has 1 aliphatic heterocycles. The van der Waals surface area contributed by atoms with E-state index in [1.165, 1.54) is 7.11 Å². The molecule has 0 fully saturated rings. The number of hydrogen-bond donors (Lipinski definition) is 0. The Bertz CT molecular complexity index is 518. The molecule has 5 heteroatoms. The smallest absolute Gasteiger partial charge is 0.333 e. The first-order valence-corrected chi connectivity index (χ1v) is 5.30. The molecule has 5 nitrogen and oxygen atoms in total. The number of benzene rings is 1. The van der Waals surface area contributed by atoms with Crippen LogP contribution in [-0.2, 0) is 9.53 Å².